The molecule has 192 valence electrons. The normalized spacial score (nSPS) is 43.0. The van der Waals surface area contributed by atoms with E-state index in [1.165, 1.54) is 51.4 Å². The molecule has 0 aromatic heterocycles. The minimum absolute atomic E-state index is 0.00190. The van der Waals surface area contributed by atoms with Gasteiger partial charge in [-0.1, -0.05) is 38.5 Å². The number of likely N-dealkylation sites (tertiary alicyclic amines) is 1. The lowest BCUT2D eigenvalue weighted by molar-refractivity contribution is -0.127. The highest BCUT2D eigenvalue weighted by molar-refractivity contribution is 5.83. The molecular weight excluding hydrogens is 422 g/mol. The Bertz CT molecular complexity index is 718. The van der Waals surface area contributed by atoms with Gasteiger partial charge in [-0.2, -0.15) is 0 Å². The van der Waals surface area contributed by atoms with Crippen LogP contribution in [-0.2, 0) is 4.79 Å². The van der Waals surface area contributed by atoms with Crippen LogP contribution in [0.2, 0.25) is 0 Å². The van der Waals surface area contributed by atoms with Crippen molar-refractivity contribution in [1.82, 2.24) is 10.2 Å². The number of amidine groups is 1. The fraction of sp³-hybridized carbons (Fsp3) is 0.929. The zero-order valence-corrected chi connectivity index (χ0v) is 21.2. The number of fused-ring (bicyclic) bond motifs is 2. The molecule has 0 spiro atoms. The molecule has 4 aliphatic carbocycles. The van der Waals surface area contributed by atoms with Crippen molar-refractivity contribution in [2.24, 2.45) is 41.1 Å². The van der Waals surface area contributed by atoms with Gasteiger partial charge in [-0.3, -0.25) is 15.1 Å². The molecule has 0 radical (unpaired) electrons. The summed E-state index contributed by atoms with van der Waals surface area (Å²) >= 11 is 0. The van der Waals surface area contributed by atoms with E-state index >= 15 is 0 Å². The van der Waals surface area contributed by atoms with Crippen molar-refractivity contribution in [3.8, 4) is 0 Å². The van der Waals surface area contributed by atoms with Crippen LogP contribution in [0.3, 0.4) is 0 Å². The number of hydrogen-bond donors (Lipinski definition) is 4. The standard InChI is InChI=1S/C28H49N5O/c29-22-10-12-23(13-11-22)32-28(34)26-16-20-8-9-21(27(30)31)17-25(20)33(26)15-14-19-6-3-5-18-4-1-2-7-24(18)19/h18-26H,1-17,29H2,(H3,30,31)(H,32,34). The third-order valence-electron chi connectivity index (χ3n) is 10.7. The molecule has 7 unspecified atom stereocenters. The van der Waals surface area contributed by atoms with Crippen molar-refractivity contribution in [1.29, 1.82) is 5.41 Å². The monoisotopic (exact) mass is 471 g/mol. The second-order valence-corrected chi connectivity index (χ2v) is 12.6. The van der Waals surface area contributed by atoms with E-state index in [-0.39, 0.29) is 17.9 Å². The summed E-state index contributed by atoms with van der Waals surface area (Å²) in [5.41, 5.74) is 12.1. The third kappa shape index (κ3) is 5.33. The van der Waals surface area contributed by atoms with E-state index in [4.69, 9.17) is 16.9 Å². The molecule has 1 aliphatic heterocycles. The molecule has 6 nitrogen and oxygen atoms in total. The Kier molecular flexibility index (Phi) is 7.84. The first-order valence-corrected chi connectivity index (χ1v) is 14.6. The SMILES string of the molecule is N=C(N)C1CCC2CC(C(=O)NC3CCC(N)CC3)N(CCC3CCCC4CCCCC43)C2C1. The molecular formula is C28H49N5O. The molecule has 6 N–H and O–H groups in total. The van der Waals surface area contributed by atoms with Gasteiger partial charge in [0.1, 0.15) is 0 Å². The number of nitrogens with zero attached hydrogens (tertiary/aromatic N) is 1. The minimum atomic E-state index is 0.00190. The maximum atomic E-state index is 13.6. The number of carbonyl (C=O) groups is 1. The van der Waals surface area contributed by atoms with Crippen LogP contribution in [0.25, 0.3) is 0 Å². The number of amides is 1. The van der Waals surface area contributed by atoms with E-state index in [2.05, 4.69) is 10.2 Å². The highest BCUT2D eigenvalue weighted by atomic mass is 16.2. The molecule has 5 fully saturated rings. The first-order chi connectivity index (χ1) is 16.5. The average molecular weight is 472 g/mol. The summed E-state index contributed by atoms with van der Waals surface area (Å²) in [7, 11) is 0. The fourth-order valence-corrected chi connectivity index (χ4v) is 8.71. The third-order valence-corrected chi connectivity index (χ3v) is 10.7. The first-order valence-electron chi connectivity index (χ1n) is 14.6. The summed E-state index contributed by atoms with van der Waals surface area (Å²) in [6, 6.07) is 1.02. The van der Waals surface area contributed by atoms with Crippen LogP contribution >= 0.6 is 0 Å². The highest BCUT2D eigenvalue weighted by Gasteiger charge is 2.48. The molecule has 7 atom stereocenters. The van der Waals surface area contributed by atoms with Crippen molar-refractivity contribution >= 4 is 11.7 Å². The number of rotatable bonds is 6. The van der Waals surface area contributed by atoms with Gasteiger partial charge in [-0.25, -0.2) is 0 Å². The van der Waals surface area contributed by atoms with Gasteiger partial charge in [0, 0.05) is 24.0 Å². The molecule has 4 saturated carbocycles. The van der Waals surface area contributed by atoms with Crippen molar-refractivity contribution in [3.63, 3.8) is 0 Å². The molecule has 5 aliphatic rings. The van der Waals surface area contributed by atoms with Crippen LogP contribution in [0.1, 0.15) is 103 Å². The van der Waals surface area contributed by atoms with Gasteiger partial charge in [-0.15, -0.1) is 0 Å². The van der Waals surface area contributed by atoms with E-state index < -0.39 is 0 Å². The highest BCUT2D eigenvalue weighted by Crippen LogP contribution is 2.47. The van der Waals surface area contributed by atoms with Gasteiger partial charge >= 0.3 is 0 Å². The second-order valence-electron chi connectivity index (χ2n) is 12.6. The van der Waals surface area contributed by atoms with Crippen molar-refractivity contribution in [2.45, 2.75) is 127 Å². The Labute approximate surface area is 206 Å². The Hall–Kier alpha value is -1.14. The predicted octanol–water partition coefficient (Wildman–Crippen LogP) is 4.16. The van der Waals surface area contributed by atoms with E-state index in [0.717, 1.165) is 75.7 Å². The molecule has 0 bridgehead atoms. The summed E-state index contributed by atoms with van der Waals surface area (Å²) in [5.74, 6) is 4.12. The Morgan fingerprint density at radius 1 is 0.882 bits per heavy atom. The smallest absolute Gasteiger partial charge is 0.237 e. The van der Waals surface area contributed by atoms with Gasteiger partial charge in [0.2, 0.25) is 5.91 Å². The largest absolute Gasteiger partial charge is 0.387 e. The lowest BCUT2D eigenvalue weighted by Crippen LogP contribution is -2.51. The maximum absolute atomic E-state index is 13.6. The summed E-state index contributed by atoms with van der Waals surface area (Å²) in [5, 5.41) is 11.5. The van der Waals surface area contributed by atoms with E-state index in [0.29, 0.717) is 29.9 Å². The van der Waals surface area contributed by atoms with Crippen LogP contribution in [0.5, 0.6) is 0 Å². The van der Waals surface area contributed by atoms with Crippen LogP contribution in [0, 0.1) is 35.0 Å². The maximum Gasteiger partial charge on any atom is 0.237 e. The number of hydrogen-bond acceptors (Lipinski definition) is 4. The number of nitrogens with two attached hydrogens (primary N) is 2. The predicted molar refractivity (Wildman–Crippen MR) is 137 cm³/mol. The molecule has 1 heterocycles. The number of carbonyl (C=O) groups excluding carboxylic acids is 1. The summed E-state index contributed by atoms with van der Waals surface area (Å²) in [4.78, 5) is 16.2. The molecule has 34 heavy (non-hydrogen) atoms. The molecule has 0 aromatic rings. The quantitative estimate of drug-likeness (QED) is 0.344. The zero-order valence-electron chi connectivity index (χ0n) is 21.2. The van der Waals surface area contributed by atoms with Crippen LogP contribution in [-0.4, -0.2) is 47.4 Å². The van der Waals surface area contributed by atoms with E-state index in [1.807, 2.05) is 0 Å². The van der Waals surface area contributed by atoms with Crippen molar-refractivity contribution in [2.75, 3.05) is 6.54 Å². The molecule has 1 saturated heterocycles. The second kappa shape index (κ2) is 10.9. The van der Waals surface area contributed by atoms with Gasteiger partial charge in [0.15, 0.2) is 0 Å². The molecule has 5 rings (SSSR count). The van der Waals surface area contributed by atoms with E-state index in [9.17, 15) is 4.79 Å². The van der Waals surface area contributed by atoms with Gasteiger partial charge in [0.05, 0.1) is 11.9 Å². The van der Waals surface area contributed by atoms with Gasteiger partial charge < -0.3 is 16.8 Å². The minimum Gasteiger partial charge on any atom is -0.387 e. The summed E-state index contributed by atoms with van der Waals surface area (Å²) in [6.45, 7) is 1.05. The Morgan fingerprint density at radius 3 is 2.44 bits per heavy atom. The lowest BCUT2D eigenvalue weighted by atomic mass is 9.64. The van der Waals surface area contributed by atoms with Crippen LogP contribution < -0.4 is 16.8 Å². The zero-order chi connectivity index (χ0) is 23.7. The topological polar surface area (TPSA) is 108 Å². The van der Waals surface area contributed by atoms with E-state index in [1.54, 1.807) is 0 Å². The number of nitrogens with one attached hydrogen (secondary N) is 2. The van der Waals surface area contributed by atoms with Gasteiger partial charge in [-0.05, 0) is 94.4 Å². The average Bonchev–Trinajstić information content (AvgIpc) is 3.22. The first kappa shape index (κ1) is 24.5. The molecule has 6 heteroatoms. The molecule has 0 aromatic carbocycles. The Morgan fingerprint density at radius 2 is 1.65 bits per heavy atom. The Balaban J connectivity index is 1.26. The van der Waals surface area contributed by atoms with Crippen LogP contribution in [0.4, 0.5) is 0 Å². The van der Waals surface area contributed by atoms with Gasteiger partial charge in [0.25, 0.3) is 0 Å². The fourth-order valence-electron chi connectivity index (χ4n) is 8.71. The van der Waals surface area contributed by atoms with Crippen LogP contribution in [0.15, 0.2) is 0 Å². The molecule has 1 amide bonds. The lowest BCUT2D eigenvalue weighted by Gasteiger charge is -2.43. The van der Waals surface area contributed by atoms with Crippen molar-refractivity contribution in [3.05, 3.63) is 0 Å². The summed E-state index contributed by atoms with van der Waals surface area (Å²) < 4.78 is 0. The summed E-state index contributed by atoms with van der Waals surface area (Å²) in [6.07, 6.45) is 19.4. The van der Waals surface area contributed by atoms with Crippen molar-refractivity contribution < 1.29 is 4.79 Å².